The molecule has 0 aromatic carbocycles. The van der Waals surface area contributed by atoms with Gasteiger partial charge in [0.2, 0.25) is 0 Å². The Morgan fingerprint density at radius 1 is 1.46 bits per heavy atom. The van der Waals surface area contributed by atoms with Gasteiger partial charge in [-0.1, -0.05) is 35.2 Å². The van der Waals surface area contributed by atoms with Crippen molar-refractivity contribution in [2.75, 3.05) is 6.61 Å². The van der Waals surface area contributed by atoms with Gasteiger partial charge in [0, 0.05) is 0 Å². The maximum Gasteiger partial charge on any atom is 0.319 e. The fourth-order valence-corrected chi connectivity index (χ4v) is 1.80. The molecule has 1 saturated carbocycles. The Hall–Kier alpha value is -0.0500. The van der Waals surface area contributed by atoms with Gasteiger partial charge in [-0.3, -0.25) is 4.79 Å². The topological polar surface area (TPSA) is 26.3 Å². The predicted octanol–water partition coefficient (Wildman–Crippen LogP) is 2.89. The second-order valence-corrected chi connectivity index (χ2v) is 5.12. The van der Waals surface area contributed by atoms with Crippen LogP contribution in [0.4, 0.5) is 0 Å². The average molecular weight is 249 g/mol. The van der Waals surface area contributed by atoms with E-state index in [2.05, 4.69) is 15.9 Å². The highest BCUT2D eigenvalue weighted by molar-refractivity contribution is 9.10. The van der Waals surface area contributed by atoms with Gasteiger partial charge in [-0.15, -0.1) is 0 Å². The molecule has 0 aromatic heterocycles. The third-order valence-electron chi connectivity index (χ3n) is 2.51. The van der Waals surface area contributed by atoms with Gasteiger partial charge in [-0.2, -0.15) is 0 Å². The summed E-state index contributed by atoms with van der Waals surface area (Å²) in [5.41, 5.74) is 0. The largest absolute Gasteiger partial charge is 0.465 e. The van der Waals surface area contributed by atoms with Crippen molar-refractivity contribution >= 4 is 21.9 Å². The van der Waals surface area contributed by atoms with Gasteiger partial charge in [0.05, 0.1) is 6.61 Å². The summed E-state index contributed by atoms with van der Waals surface area (Å²) in [7, 11) is 0. The Balaban J connectivity index is 2.13. The van der Waals surface area contributed by atoms with Gasteiger partial charge in [0.25, 0.3) is 0 Å². The highest BCUT2D eigenvalue weighted by Crippen LogP contribution is 2.23. The summed E-state index contributed by atoms with van der Waals surface area (Å²) in [6.07, 6.45) is 6.39. The zero-order chi connectivity index (χ0) is 9.68. The molecule has 0 spiro atoms. The molecule has 1 fully saturated rings. The van der Waals surface area contributed by atoms with E-state index in [1.54, 1.807) is 6.92 Å². The van der Waals surface area contributed by atoms with Crippen LogP contribution in [0, 0.1) is 5.92 Å². The first-order chi connectivity index (χ1) is 6.20. The fourth-order valence-electron chi connectivity index (χ4n) is 1.67. The molecule has 13 heavy (non-hydrogen) atoms. The Kier molecular flexibility index (Phi) is 4.78. The third kappa shape index (κ3) is 4.12. The maximum absolute atomic E-state index is 11.1. The molecular weight excluding hydrogens is 232 g/mol. The highest BCUT2D eigenvalue weighted by Gasteiger charge is 2.17. The van der Waals surface area contributed by atoms with Gasteiger partial charge in [-0.25, -0.2) is 0 Å². The van der Waals surface area contributed by atoms with Crippen LogP contribution >= 0.6 is 15.9 Å². The lowest BCUT2D eigenvalue weighted by Crippen LogP contribution is -2.20. The minimum absolute atomic E-state index is 0.134. The molecule has 76 valence electrons. The molecule has 1 aliphatic carbocycles. The number of halogens is 1. The summed E-state index contributed by atoms with van der Waals surface area (Å²) >= 11 is 3.19. The molecule has 0 N–H and O–H groups in total. The van der Waals surface area contributed by atoms with Crippen molar-refractivity contribution in [2.24, 2.45) is 5.92 Å². The number of carbonyl (C=O) groups is 1. The van der Waals surface area contributed by atoms with E-state index in [1.807, 2.05) is 0 Å². The smallest absolute Gasteiger partial charge is 0.319 e. The van der Waals surface area contributed by atoms with Crippen LogP contribution in [0.3, 0.4) is 0 Å². The van der Waals surface area contributed by atoms with Crippen LogP contribution in [0.25, 0.3) is 0 Å². The molecule has 0 heterocycles. The highest BCUT2D eigenvalue weighted by atomic mass is 79.9. The van der Waals surface area contributed by atoms with Crippen molar-refractivity contribution in [1.82, 2.24) is 0 Å². The number of hydrogen-bond donors (Lipinski definition) is 0. The Bertz CT molecular complexity index is 162. The SMILES string of the molecule is C[C@@H](Br)C(=O)OCC1CCCCC1. The van der Waals surface area contributed by atoms with Gasteiger partial charge in [-0.05, 0) is 25.7 Å². The lowest BCUT2D eigenvalue weighted by atomic mass is 9.90. The van der Waals surface area contributed by atoms with E-state index in [-0.39, 0.29) is 10.8 Å². The van der Waals surface area contributed by atoms with Crippen LogP contribution in [-0.4, -0.2) is 17.4 Å². The number of hydrogen-bond acceptors (Lipinski definition) is 2. The summed E-state index contributed by atoms with van der Waals surface area (Å²) in [4.78, 5) is 10.9. The maximum atomic E-state index is 11.1. The number of esters is 1. The van der Waals surface area contributed by atoms with E-state index in [4.69, 9.17) is 4.74 Å². The van der Waals surface area contributed by atoms with Crippen molar-refractivity contribution < 1.29 is 9.53 Å². The molecular formula is C10H17BrO2. The van der Waals surface area contributed by atoms with Gasteiger partial charge < -0.3 is 4.74 Å². The lowest BCUT2D eigenvalue weighted by Gasteiger charge is -2.21. The number of rotatable bonds is 3. The normalized spacial score (nSPS) is 21.1. The van der Waals surface area contributed by atoms with Crippen LogP contribution in [-0.2, 0) is 9.53 Å². The first kappa shape index (κ1) is 11.0. The summed E-state index contributed by atoms with van der Waals surface area (Å²) in [6, 6.07) is 0. The molecule has 0 unspecified atom stereocenters. The fraction of sp³-hybridized carbons (Fsp3) is 0.900. The van der Waals surface area contributed by atoms with Crippen LogP contribution in [0.1, 0.15) is 39.0 Å². The van der Waals surface area contributed by atoms with Crippen LogP contribution in [0.5, 0.6) is 0 Å². The molecule has 0 bridgehead atoms. The van der Waals surface area contributed by atoms with E-state index in [1.165, 1.54) is 32.1 Å². The second kappa shape index (κ2) is 5.63. The molecule has 1 rings (SSSR count). The quantitative estimate of drug-likeness (QED) is 0.567. The average Bonchev–Trinajstić information content (AvgIpc) is 2.15. The minimum Gasteiger partial charge on any atom is -0.465 e. The minimum atomic E-state index is -0.170. The Morgan fingerprint density at radius 2 is 2.08 bits per heavy atom. The van der Waals surface area contributed by atoms with E-state index < -0.39 is 0 Å². The molecule has 0 saturated heterocycles. The monoisotopic (exact) mass is 248 g/mol. The Labute approximate surface area is 88.2 Å². The summed E-state index contributed by atoms with van der Waals surface area (Å²) < 4.78 is 5.16. The van der Waals surface area contributed by atoms with Gasteiger partial charge in [0.1, 0.15) is 4.83 Å². The summed E-state index contributed by atoms with van der Waals surface area (Å²) in [5, 5.41) is 0. The number of alkyl halides is 1. The second-order valence-electron chi connectivity index (χ2n) is 3.75. The molecule has 3 heteroatoms. The van der Waals surface area contributed by atoms with Crippen molar-refractivity contribution in [1.29, 1.82) is 0 Å². The summed E-state index contributed by atoms with van der Waals surface area (Å²) in [5.74, 6) is 0.481. The van der Waals surface area contributed by atoms with Crippen molar-refractivity contribution in [3.05, 3.63) is 0 Å². The molecule has 2 nitrogen and oxygen atoms in total. The molecule has 0 radical (unpaired) electrons. The lowest BCUT2D eigenvalue weighted by molar-refractivity contribution is -0.144. The number of carbonyl (C=O) groups excluding carboxylic acids is 1. The third-order valence-corrected chi connectivity index (χ3v) is 2.88. The van der Waals surface area contributed by atoms with Crippen LogP contribution in [0.15, 0.2) is 0 Å². The molecule has 1 atom stereocenters. The van der Waals surface area contributed by atoms with Gasteiger partial charge in [0.15, 0.2) is 0 Å². The van der Waals surface area contributed by atoms with E-state index in [0.29, 0.717) is 12.5 Å². The first-order valence-electron chi connectivity index (χ1n) is 5.01. The molecule has 0 aliphatic heterocycles. The Morgan fingerprint density at radius 3 is 2.62 bits per heavy atom. The zero-order valence-corrected chi connectivity index (χ0v) is 9.68. The van der Waals surface area contributed by atoms with E-state index in [0.717, 1.165) is 0 Å². The van der Waals surface area contributed by atoms with Crippen LogP contribution in [0.2, 0.25) is 0 Å². The summed E-state index contributed by atoms with van der Waals surface area (Å²) in [6.45, 7) is 2.41. The zero-order valence-electron chi connectivity index (χ0n) is 8.09. The van der Waals surface area contributed by atoms with E-state index >= 15 is 0 Å². The van der Waals surface area contributed by atoms with Crippen molar-refractivity contribution in [2.45, 2.75) is 43.9 Å². The van der Waals surface area contributed by atoms with Gasteiger partial charge >= 0.3 is 5.97 Å². The predicted molar refractivity (Wildman–Crippen MR) is 55.9 cm³/mol. The molecule has 0 amide bonds. The number of ether oxygens (including phenoxy) is 1. The van der Waals surface area contributed by atoms with E-state index in [9.17, 15) is 4.79 Å². The standard InChI is InChI=1S/C10H17BrO2/c1-8(11)10(12)13-7-9-5-3-2-4-6-9/h8-9H,2-7H2,1H3/t8-/m1/s1. The molecule has 0 aromatic rings. The van der Waals surface area contributed by atoms with Crippen LogP contribution < -0.4 is 0 Å². The van der Waals surface area contributed by atoms with Crippen molar-refractivity contribution in [3.8, 4) is 0 Å². The molecule has 1 aliphatic rings. The first-order valence-corrected chi connectivity index (χ1v) is 5.92. The van der Waals surface area contributed by atoms with Crippen molar-refractivity contribution in [3.63, 3.8) is 0 Å².